The van der Waals surface area contributed by atoms with E-state index in [0.717, 1.165) is 37.8 Å². The average Bonchev–Trinajstić information content (AvgIpc) is 3.16. The minimum atomic E-state index is -0.768. The number of nitrogens with one attached hydrogen (secondary N) is 1. The molecule has 4 rings (SSSR count). The summed E-state index contributed by atoms with van der Waals surface area (Å²) in [4.78, 5) is 31.7. The van der Waals surface area contributed by atoms with Crippen LogP contribution < -0.4 is 15.4 Å². The van der Waals surface area contributed by atoms with E-state index in [0.29, 0.717) is 24.2 Å². The molecule has 8 heteroatoms. The smallest absolute Gasteiger partial charge is 0.288 e. The van der Waals surface area contributed by atoms with Gasteiger partial charge in [0.2, 0.25) is 11.8 Å². The van der Waals surface area contributed by atoms with Crippen molar-refractivity contribution in [1.29, 1.82) is 0 Å². The van der Waals surface area contributed by atoms with Crippen LogP contribution in [0.1, 0.15) is 18.4 Å². The zero-order valence-electron chi connectivity index (χ0n) is 14.4. The highest BCUT2D eigenvalue weighted by Gasteiger charge is 2.41. The van der Waals surface area contributed by atoms with E-state index in [1.165, 1.54) is 0 Å². The van der Waals surface area contributed by atoms with Crippen molar-refractivity contribution in [3.8, 4) is 0 Å². The number of hydrogen-bond donors (Lipinski definition) is 1. The van der Waals surface area contributed by atoms with Gasteiger partial charge in [0.15, 0.2) is 0 Å². The van der Waals surface area contributed by atoms with Crippen LogP contribution in [0.5, 0.6) is 0 Å². The molecule has 0 spiro atoms. The van der Waals surface area contributed by atoms with Gasteiger partial charge in [-0.15, -0.1) is 0 Å². The van der Waals surface area contributed by atoms with Crippen molar-refractivity contribution in [2.45, 2.75) is 20.3 Å². The predicted octanol–water partition coefficient (Wildman–Crippen LogP) is 1.14. The summed E-state index contributed by atoms with van der Waals surface area (Å²) in [6.45, 7) is 7.15. The number of fused-ring (bicyclic) bond motifs is 1. The second kappa shape index (κ2) is 6.09. The van der Waals surface area contributed by atoms with E-state index in [1.807, 2.05) is 13.0 Å². The Bertz CT molecular complexity index is 839. The van der Waals surface area contributed by atoms with Crippen molar-refractivity contribution in [2.75, 3.05) is 36.0 Å². The van der Waals surface area contributed by atoms with Crippen LogP contribution in [0.4, 0.5) is 16.2 Å². The van der Waals surface area contributed by atoms with Gasteiger partial charge < -0.3 is 9.80 Å². The molecule has 0 radical (unpaired) electrons. The first-order valence-corrected chi connectivity index (χ1v) is 8.63. The molecule has 2 aliphatic rings. The minimum absolute atomic E-state index is 0.230. The van der Waals surface area contributed by atoms with E-state index in [9.17, 15) is 9.18 Å². The van der Waals surface area contributed by atoms with Gasteiger partial charge in [0, 0.05) is 44.2 Å². The molecule has 0 aromatic carbocycles. The lowest BCUT2D eigenvalue weighted by atomic mass is 10.0. The van der Waals surface area contributed by atoms with Crippen molar-refractivity contribution in [2.24, 2.45) is 11.8 Å². The number of anilines is 2. The minimum Gasteiger partial charge on any atom is -0.356 e. The zero-order valence-corrected chi connectivity index (χ0v) is 14.4. The second-order valence-electron chi connectivity index (χ2n) is 6.80. The topological polar surface area (TPSA) is 78.0 Å². The largest absolute Gasteiger partial charge is 0.356 e. The van der Waals surface area contributed by atoms with Crippen molar-refractivity contribution >= 4 is 11.8 Å². The lowest BCUT2D eigenvalue weighted by Gasteiger charge is -2.23. The van der Waals surface area contributed by atoms with E-state index >= 15 is 0 Å². The van der Waals surface area contributed by atoms with Crippen LogP contribution in [-0.4, -0.2) is 46.1 Å². The van der Waals surface area contributed by atoms with Gasteiger partial charge in [-0.05, 0) is 19.4 Å². The Balaban J connectivity index is 1.50. The molecule has 132 valence electrons. The SMILES string of the molecule is CCc1nc(N2CC3CN(c4ccnc(C)n4)CC3C2)[nH]c(=O)c1F. The van der Waals surface area contributed by atoms with Crippen molar-refractivity contribution in [3.63, 3.8) is 0 Å². The number of hydrogen-bond acceptors (Lipinski definition) is 6. The Morgan fingerprint density at radius 1 is 1.20 bits per heavy atom. The number of nitrogens with zero attached hydrogens (tertiary/aromatic N) is 5. The lowest BCUT2D eigenvalue weighted by Crippen LogP contribution is -2.32. The molecule has 1 N–H and O–H groups in total. The van der Waals surface area contributed by atoms with Crippen molar-refractivity contribution in [3.05, 3.63) is 40.0 Å². The van der Waals surface area contributed by atoms with E-state index in [2.05, 4.69) is 29.7 Å². The van der Waals surface area contributed by atoms with Gasteiger partial charge in [-0.1, -0.05) is 6.92 Å². The number of aromatic amines is 1. The molecule has 4 heterocycles. The van der Waals surface area contributed by atoms with E-state index in [1.54, 1.807) is 13.1 Å². The number of halogens is 1. The predicted molar refractivity (Wildman–Crippen MR) is 92.4 cm³/mol. The number of H-pyrrole nitrogens is 1. The highest BCUT2D eigenvalue weighted by atomic mass is 19.1. The molecule has 2 fully saturated rings. The molecule has 0 aliphatic carbocycles. The van der Waals surface area contributed by atoms with Crippen LogP contribution in [0.15, 0.2) is 17.1 Å². The van der Waals surface area contributed by atoms with Gasteiger partial charge in [0.05, 0.1) is 5.69 Å². The maximum atomic E-state index is 13.7. The summed E-state index contributed by atoms with van der Waals surface area (Å²) >= 11 is 0. The van der Waals surface area contributed by atoms with Crippen LogP contribution in [0.25, 0.3) is 0 Å². The molecule has 2 saturated heterocycles. The third-order valence-electron chi connectivity index (χ3n) is 5.12. The molecule has 2 aromatic heterocycles. The fraction of sp³-hybridized carbons (Fsp3) is 0.529. The van der Waals surface area contributed by atoms with Crippen LogP contribution in [0.3, 0.4) is 0 Å². The Hall–Kier alpha value is -2.51. The summed E-state index contributed by atoms with van der Waals surface area (Å²) in [5.41, 5.74) is -0.453. The summed E-state index contributed by atoms with van der Waals surface area (Å²) < 4.78 is 13.7. The van der Waals surface area contributed by atoms with Crippen LogP contribution in [0.2, 0.25) is 0 Å². The maximum absolute atomic E-state index is 13.7. The summed E-state index contributed by atoms with van der Waals surface area (Å²) in [7, 11) is 0. The third-order valence-corrected chi connectivity index (χ3v) is 5.12. The molecule has 2 unspecified atom stereocenters. The first-order chi connectivity index (χ1) is 12.0. The van der Waals surface area contributed by atoms with Crippen molar-refractivity contribution < 1.29 is 4.39 Å². The van der Waals surface area contributed by atoms with Crippen molar-refractivity contribution in [1.82, 2.24) is 19.9 Å². The first-order valence-electron chi connectivity index (χ1n) is 8.63. The summed E-state index contributed by atoms with van der Waals surface area (Å²) in [5, 5.41) is 0. The fourth-order valence-electron chi connectivity index (χ4n) is 3.85. The highest BCUT2D eigenvalue weighted by Crippen LogP contribution is 2.34. The van der Waals surface area contributed by atoms with Gasteiger partial charge in [0.1, 0.15) is 11.6 Å². The van der Waals surface area contributed by atoms with E-state index in [4.69, 9.17) is 0 Å². The normalized spacial score (nSPS) is 22.5. The molecule has 0 amide bonds. The van der Waals surface area contributed by atoms with E-state index in [-0.39, 0.29) is 5.69 Å². The highest BCUT2D eigenvalue weighted by molar-refractivity contribution is 5.42. The third kappa shape index (κ3) is 2.85. The summed E-state index contributed by atoms with van der Waals surface area (Å²) in [5.74, 6) is 2.43. The van der Waals surface area contributed by atoms with Crippen LogP contribution >= 0.6 is 0 Å². The van der Waals surface area contributed by atoms with Crippen LogP contribution in [-0.2, 0) is 6.42 Å². The number of rotatable bonds is 3. The second-order valence-corrected chi connectivity index (χ2v) is 6.80. The Kier molecular flexibility index (Phi) is 3.89. The Labute approximate surface area is 144 Å². The quantitative estimate of drug-likeness (QED) is 0.900. The molecule has 2 atom stereocenters. The Morgan fingerprint density at radius 3 is 2.52 bits per heavy atom. The van der Waals surface area contributed by atoms with Gasteiger partial charge in [-0.25, -0.2) is 15.0 Å². The maximum Gasteiger partial charge on any atom is 0.288 e. The standard InChI is InChI=1S/C17H21FN6O/c1-3-13-15(18)16(25)22-17(21-13)24-8-11-6-23(7-12(11)9-24)14-4-5-19-10(2)20-14/h4-5,11-12H,3,6-9H2,1-2H3,(H,21,22,25). The summed E-state index contributed by atoms with van der Waals surface area (Å²) in [6.07, 6.45) is 2.20. The molecule has 2 aromatic rings. The monoisotopic (exact) mass is 344 g/mol. The molecule has 25 heavy (non-hydrogen) atoms. The lowest BCUT2D eigenvalue weighted by molar-refractivity contribution is 0.533. The number of aryl methyl sites for hydroxylation is 2. The van der Waals surface area contributed by atoms with E-state index < -0.39 is 11.4 Å². The first kappa shape index (κ1) is 16.0. The van der Waals surface area contributed by atoms with Crippen LogP contribution in [0, 0.1) is 24.6 Å². The van der Waals surface area contributed by atoms with Gasteiger partial charge in [-0.3, -0.25) is 9.78 Å². The molecular formula is C17H21FN6O. The molecule has 0 saturated carbocycles. The molecule has 2 aliphatic heterocycles. The average molecular weight is 344 g/mol. The van der Waals surface area contributed by atoms with Gasteiger partial charge in [0.25, 0.3) is 5.56 Å². The Morgan fingerprint density at radius 2 is 1.88 bits per heavy atom. The molecule has 7 nitrogen and oxygen atoms in total. The zero-order chi connectivity index (χ0) is 17.6. The molecule has 0 bridgehead atoms. The number of aromatic nitrogens is 4. The molecular weight excluding hydrogens is 323 g/mol. The van der Waals surface area contributed by atoms with Gasteiger partial charge in [-0.2, -0.15) is 4.39 Å². The summed E-state index contributed by atoms with van der Waals surface area (Å²) in [6, 6.07) is 1.94. The van der Waals surface area contributed by atoms with Gasteiger partial charge >= 0.3 is 0 Å². The fourth-order valence-corrected chi connectivity index (χ4v) is 3.85.